The van der Waals surface area contributed by atoms with Crippen molar-refractivity contribution in [3.8, 4) is 0 Å². The van der Waals surface area contributed by atoms with Gasteiger partial charge >= 0.3 is 0 Å². The summed E-state index contributed by atoms with van der Waals surface area (Å²) < 4.78 is 13.0. The summed E-state index contributed by atoms with van der Waals surface area (Å²) in [5, 5.41) is 1.14. The molecule has 0 spiro atoms. The number of aromatic nitrogens is 1. The van der Waals surface area contributed by atoms with E-state index in [9.17, 15) is 9.18 Å². The Morgan fingerprint density at radius 2 is 1.79 bits per heavy atom. The highest BCUT2D eigenvalue weighted by molar-refractivity contribution is 5.97. The topological polar surface area (TPSA) is 39.3 Å². The number of nitrogens with one attached hydrogen (secondary N) is 1. The molecule has 1 N–H and O–H groups in total. The molecule has 0 atom stereocenters. The maximum absolute atomic E-state index is 13.0. The van der Waals surface area contributed by atoms with Crippen molar-refractivity contribution in [3.05, 3.63) is 77.2 Å². The van der Waals surface area contributed by atoms with E-state index in [0.717, 1.165) is 66.9 Å². The van der Waals surface area contributed by atoms with Crippen molar-refractivity contribution < 1.29 is 9.18 Å². The minimum atomic E-state index is -0.197. The average molecular weight is 391 g/mol. The summed E-state index contributed by atoms with van der Waals surface area (Å²) >= 11 is 0. The van der Waals surface area contributed by atoms with Crippen LogP contribution in [0.5, 0.6) is 0 Å². The molecule has 1 saturated heterocycles. The zero-order valence-corrected chi connectivity index (χ0v) is 16.7. The van der Waals surface area contributed by atoms with Crippen molar-refractivity contribution >= 4 is 22.9 Å². The number of aryl methyl sites for hydroxylation is 1. The second-order valence-corrected chi connectivity index (χ2v) is 7.59. The molecule has 150 valence electrons. The predicted molar refractivity (Wildman–Crippen MR) is 115 cm³/mol. The molecule has 1 aliphatic heterocycles. The van der Waals surface area contributed by atoms with Crippen molar-refractivity contribution in [2.24, 2.45) is 0 Å². The number of halogens is 1. The Balaban J connectivity index is 1.30. The fraction of sp³-hybridized carbons (Fsp3) is 0.292. The Morgan fingerprint density at radius 3 is 2.55 bits per heavy atom. The highest BCUT2D eigenvalue weighted by atomic mass is 19.1. The van der Waals surface area contributed by atoms with Gasteiger partial charge in [-0.2, -0.15) is 0 Å². The number of hydrogen-bond acceptors (Lipinski definition) is 2. The summed E-state index contributed by atoms with van der Waals surface area (Å²) in [5.74, 6) is -0.135. The number of H-pyrrole nitrogens is 1. The minimum Gasteiger partial charge on any atom is -0.358 e. The van der Waals surface area contributed by atoms with Gasteiger partial charge in [0.25, 0.3) is 0 Å². The molecule has 29 heavy (non-hydrogen) atoms. The van der Waals surface area contributed by atoms with E-state index in [2.05, 4.69) is 16.0 Å². The smallest absolute Gasteiger partial charge is 0.246 e. The van der Waals surface area contributed by atoms with E-state index in [4.69, 9.17) is 0 Å². The number of carbonyl (C=O) groups excluding carboxylic acids is 1. The van der Waals surface area contributed by atoms with E-state index in [1.165, 1.54) is 12.1 Å². The standard InChI is InChI=1S/C24H26FN3O/c1-18-21(22-4-2-3-5-23(22)26-18)10-11-24(29)28-16-14-27(15-17-28)13-12-19-6-8-20(25)9-7-19/h2-11,26H,12-17H2,1H3. The number of hydrogen-bond donors (Lipinski definition) is 1. The molecular weight excluding hydrogens is 365 g/mol. The van der Waals surface area contributed by atoms with Crippen LogP contribution in [-0.4, -0.2) is 53.4 Å². The Hall–Kier alpha value is -2.92. The minimum absolute atomic E-state index is 0.0628. The van der Waals surface area contributed by atoms with Gasteiger partial charge in [-0.15, -0.1) is 0 Å². The molecule has 3 aromatic rings. The summed E-state index contributed by atoms with van der Waals surface area (Å²) in [6.45, 7) is 6.17. The van der Waals surface area contributed by atoms with Crippen molar-refractivity contribution in [1.82, 2.24) is 14.8 Å². The molecule has 0 unspecified atom stereocenters. The Morgan fingerprint density at radius 1 is 1.07 bits per heavy atom. The van der Waals surface area contributed by atoms with Gasteiger partial charge in [0.2, 0.25) is 5.91 Å². The normalized spacial score (nSPS) is 15.4. The summed E-state index contributed by atoms with van der Waals surface area (Å²) in [5.41, 5.74) is 4.38. The van der Waals surface area contributed by atoms with Crippen LogP contribution in [0.4, 0.5) is 4.39 Å². The Kier molecular flexibility index (Phi) is 5.76. The summed E-state index contributed by atoms with van der Waals surface area (Å²) in [4.78, 5) is 20.3. The second-order valence-electron chi connectivity index (χ2n) is 7.59. The molecular formula is C24H26FN3O. The second kappa shape index (κ2) is 8.62. The monoisotopic (exact) mass is 391 g/mol. The van der Waals surface area contributed by atoms with E-state index < -0.39 is 0 Å². The third-order valence-electron chi connectivity index (χ3n) is 5.65. The number of carbonyl (C=O) groups is 1. The number of para-hydroxylation sites is 1. The first-order valence-corrected chi connectivity index (χ1v) is 10.1. The van der Waals surface area contributed by atoms with Gasteiger partial charge in [0.05, 0.1) is 0 Å². The third-order valence-corrected chi connectivity index (χ3v) is 5.65. The molecule has 1 amide bonds. The third kappa shape index (κ3) is 4.57. The first-order valence-electron chi connectivity index (χ1n) is 10.1. The van der Waals surface area contributed by atoms with E-state index in [1.807, 2.05) is 48.2 Å². The SMILES string of the molecule is Cc1[nH]c2ccccc2c1C=CC(=O)N1CCN(CCc2ccc(F)cc2)CC1. The summed E-state index contributed by atoms with van der Waals surface area (Å²) in [7, 11) is 0. The number of amides is 1. The van der Waals surface area contributed by atoms with E-state index in [1.54, 1.807) is 6.08 Å². The fourth-order valence-corrected chi connectivity index (χ4v) is 3.90. The van der Waals surface area contributed by atoms with Crippen LogP contribution in [0.25, 0.3) is 17.0 Å². The molecule has 2 heterocycles. The maximum atomic E-state index is 13.0. The molecule has 1 fully saturated rings. The van der Waals surface area contributed by atoms with Gasteiger partial charge in [-0.05, 0) is 43.2 Å². The van der Waals surface area contributed by atoms with Crippen LogP contribution in [0, 0.1) is 12.7 Å². The molecule has 4 rings (SSSR count). The lowest BCUT2D eigenvalue weighted by molar-refractivity contribution is -0.127. The molecule has 1 aromatic heterocycles. The van der Waals surface area contributed by atoms with Crippen LogP contribution in [0.15, 0.2) is 54.6 Å². The quantitative estimate of drug-likeness (QED) is 0.668. The number of rotatable bonds is 5. The molecule has 0 saturated carbocycles. The van der Waals surface area contributed by atoms with Crippen LogP contribution in [-0.2, 0) is 11.2 Å². The Labute approximate surface area is 170 Å². The first-order chi connectivity index (χ1) is 14.1. The van der Waals surface area contributed by atoms with Gasteiger partial charge in [0, 0.05) is 61.0 Å². The van der Waals surface area contributed by atoms with E-state index in [0.29, 0.717) is 0 Å². The summed E-state index contributed by atoms with van der Waals surface area (Å²) in [6, 6.07) is 14.8. The predicted octanol–water partition coefficient (Wildman–Crippen LogP) is 4.02. The van der Waals surface area contributed by atoms with Crippen LogP contribution in [0.1, 0.15) is 16.8 Å². The maximum Gasteiger partial charge on any atom is 0.246 e. The van der Waals surface area contributed by atoms with E-state index >= 15 is 0 Å². The molecule has 4 nitrogen and oxygen atoms in total. The molecule has 0 radical (unpaired) electrons. The van der Waals surface area contributed by atoms with Crippen LogP contribution in [0.2, 0.25) is 0 Å². The van der Waals surface area contributed by atoms with Crippen molar-refractivity contribution in [3.63, 3.8) is 0 Å². The van der Waals surface area contributed by atoms with Crippen LogP contribution >= 0.6 is 0 Å². The summed E-state index contributed by atoms with van der Waals surface area (Å²) in [6.07, 6.45) is 4.52. The molecule has 5 heteroatoms. The lowest BCUT2D eigenvalue weighted by atomic mass is 10.1. The number of benzene rings is 2. The Bertz CT molecular complexity index is 1010. The molecule has 2 aromatic carbocycles. The number of piperazine rings is 1. The van der Waals surface area contributed by atoms with Gasteiger partial charge in [-0.1, -0.05) is 30.3 Å². The molecule has 1 aliphatic rings. The largest absolute Gasteiger partial charge is 0.358 e. The van der Waals surface area contributed by atoms with Crippen molar-refractivity contribution in [2.75, 3.05) is 32.7 Å². The molecule has 0 bridgehead atoms. The lowest BCUT2D eigenvalue weighted by Crippen LogP contribution is -2.48. The molecule has 0 aliphatic carbocycles. The van der Waals surface area contributed by atoms with Gasteiger partial charge in [-0.25, -0.2) is 4.39 Å². The lowest BCUT2D eigenvalue weighted by Gasteiger charge is -2.34. The number of fused-ring (bicyclic) bond motifs is 1. The first kappa shape index (κ1) is 19.4. The number of nitrogens with zero attached hydrogens (tertiary/aromatic N) is 2. The fourth-order valence-electron chi connectivity index (χ4n) is 3.90. The van der Waals surface area contributed by atoms with Gasteiger partial charge < -0.3 is 9.88 Å². The zero-order chi connectivity index (χ0) is 20.2. The zero-order valence-electron chi connectivity index (χ0n) is 16.7. The average Bonchev–Trinajstić information content (AvgIpc) is 3.07. The van der Waals surface area contributed by atoms with Gasteiger partial charge in [0.15, 0.2) is 0 Å². The van der Waals surface area contributed by atoms with Gasteiger partial charge in [0.1, 0.15) is 5.82 Å². The van der Waals surface area contributed by atoms with Crippen LogP contribution in [0.3, 0.4) is 0 Å². The van der Waals surface area contributed by atoms with E-state index in [-0.39, 0.29) is 11.7 Å². The van der Waals surface area contributed by atoms with Crippen molar-refractivity contribution in [1.29, 1.82) is 0 Å². The van der Waals surface area contributed by atoms with Gasteiger partial charge in [-0.3, -0.25) is 9.69 Å². The highest BCUT2D eigenvalue weighted by Gasteiger charge is 2.19. The highest BCUT2D eigenvalue weighted by Crippen LogP contribution is 2.23. The van der Waals surface area contributed by atoms with Crippen molar-refractivity contribution in [2.45, 2.75) is 13.3 Å². The number of aromatic amines is 1. The van der Waals surface area contributed by atoms with Crippen LogP contribution < -0.4 is 0 Å².